The molecule has 0 saturated carbocycles. The number of nitrogens with two attached hydrogens (primary N) is 1. The zero-order valence-corrected chi connectivity index (χ0v) is 10.9. The standard InChI is InChI=1S/C13H27N3/c1-11-5-3-8-16(13(11)9-14)12-6-4-7-15(2)10-12/h11-13H,3-10,14H2,1-2H3. The van der Waals surface area contributed by atoms with Crippen LogP contribution in [-0.4, -0.2) is 55.1 Å². The molecular formula is C13H27N3. The molecule has 3 nitrogen and oxygen atoms in total. The molecule has 0 bridgehead atoms. The molecule has 0 amide bonds. The van der Waals surface area contributed by atoms with Gasteiger partial charge in [0.15, 0.2) is 0 Å². The first-order valence-corrected chi connectivity index (χ1v) is 6.86. The monoisotopic (exact) mass is 225 g/mol. The number of likely N-dealkylation sites (tertiary alicyclic amines) is 2. The summed E-state index contributed by atoms with van der Waals surface area (Å²) < 4.78 is 0. The lowest BCUT2D eigenvalue weighted by Gasteiger charge is -2.46. The van der Waals surface area contributed by atoms with Crippen LogP contribution in [-0.2, 0) is 0 Å². The van der Waals surface area contributed by atoms with Crippen molar-refractivity contribution in [2.24, 2.45) is 11.7 Å². The van der Waals surface area contributed by atoms with E-state index >= 15 is 0 Å². The minimum absolute atomic E-state index is 0.630. The fraction of sp³-hybridized carbons (Fsp3) is 1.00. The number of hydrogen-bond acceptors (Lipinski definition) is 3. The van der Waals surface area contributed by atoms with E-state index in [4.69, 9.17) is 5.73 Å². The summed E-state index contributed by atoms with van der Waals surface area (Å²) in [4.78, 5) is 5.19. The highest BCUT2D eigenvalue weighted by molar-refractivity contribution is 4.89. The Balaban J connectivity index is 1.99. The lowest BCUT2D eigenvalue weighted by Crippen LogP contribution is -2.57. The van der Waals surface area contributed by atoms with Crippen molar-refractivity contribution in [1.82, 2.24) is 9.80 Å². The molecule has 2 fully saturated rings. The van der Waals surface area contributed by atoms with E-state index in [9.17, 15) is 0 Å². The van der Waals surface area contributed by atoms with E-state index in [2.05, 4.69) is 23.8 Å². The maximum Gasteiger partial charge on any atom is 0.0247 e. The molecule has 0 spiro atoms. The van der Waals surface area contributed by atoms with Crippen LogP contribution in [0.25, 0.3) is 0 Å². The quantitative estimate of drug-likeness (QED) is 0.765. The van der Waals surface area contributed by atoms with E-state index in [-0.39, 0.29) is 0 Å². The number of nitrogens with zero attached hydrogens (tertiary/aromatic N) is 2. The van der Waals surface area contributed by atoms with Gasteiger partial charge in [-0.15, -0.1) is 0 Å². The van der Waals surface area contributed by atoms with Crippen molar-refractivity contribution < 1.29 is 0 Å². The first kappa shape index (κ1) is 12.3. The van der Waals surface area contributed by atoms with Crippen LogP contribution in [0.1, 0.15) is 32.6 Å². The summed E-state index contributed by atoms with van der Waals surface area (Å²) in [6.45, 7) is 6.98. The van der Waals surface area contributed by atoms with Gasteiger partial charge in [0.1, 0.15) is 0 Å². The molecule has 0 radical (unpaired) electrons. The average Bonchev–Trinajstić information content (AvgIpc) is 2.28. The first-order valence-electron chi connectivity index (χ1n) is 6.86. The molecule has 3 unspecified atom stereocenters. The normalized spacial score (nSPS) is 38.8. The molecule has 2 N–H and O–H groups in total. The minimum atomic E-state index is 0.630. The van der Waals surface area contributed by atoms with Crippen molar-refractivity contribution in [3.05, 3.63) is 0 Å². The molecule has 0 aromatic heterocycles. The third kappa shape index (κ3) is 2.58. The number of hydrogen-bond donors (Lipinski definition) is 1. The molecule has 16 heavy (non-hydrogen) atoms. The van der Waals surface area contributed by atoms with E-state index in [1.807, 2.05) is 0 Å². The molecular weight excluding hydrogens is 198 g/mol. The fourth-order valence-corrected chi connectivity index (χ4v) is 3.51. The Kier molecular flexibility index (Phi) is 4.22. The van der Waals surface area contributed by atoms with Crippen molar-refractivity contribution in [3.8, 4) is 0 Å². The molecule has 0 aliphatic carbocycles. The first-order chi connectivity index (χ1) is 7.72. The summed E-state index contributed by atoms with van der Waals surface area (Å²) >= 11 is 0. The van der Waals surface area contributed by atoms with Gasteiger partial charge in [0, 0.05) is 25.2 Å². The summed E-state index contributed by atoms with van der Waals surface area (Å²) in [6.07, 6.45) is 5.44. The van der Waals surface area contributed by atoms with Gasteiger partial charge in [-0.1, -0.05) is 6.92 Å². The maximum atomic E-state index is 5.97. The van der Waals surface area contributed by atoms with Gasteiger partial charge in [0.25, 0.3) is 0 Å². The van der Waals surface area contributed by atoms with Crippen LogP contribution >= 0.6 is 0 Å². The third-order valence-corrected chi connectivity index (χ3v) is 4.47. The van der Waals surface area contributed by atoms with Crippen molar-refractivity contribution in [1.29, 1.82) is 0 Å². The molecule has 0 aromatic rings. The Morgan fingerprint density at radius 1 is 1.19 bits per heavy atom. The van der Waals surface area contributed by atoms with Gasteiger partial charge >= 0.3 is 0 Å². The highest BCUT2D eigenvalue weighted by Gasteiger charge is 2.33. The molecule has 3 atom stereocenters. The average molecular weight is 225 g/mol. The number of rotatable bonds is 2. The molecule has 0 aromatic carbocycles. The van der Waals surface area contributed by atoms with Crippen molar-refractivity contribution >= 4 is 0 Å². The van der Waals surface area contributed by atoms with E-state index in [0.29, 0.717) is 6.04 Å². The van der Waals surface area contributed by atoms with Gasteiger partial charge in [0.05, 0.1) is 0 Å². The predicted octanol–water partition coefficient (Wildman–Crippen LogP) is 1.14. The molecule has 94 valence electrons. The van der Waals surface area contributed by atoms with E-state index in [1.165, 1.54) is 45.3 Å². The van der Waals surface area contributed by atoms with Crippen molar-refractivity contribution in [3.63, 3.8) is 0 Å². The van der Waals surface area contributed by atoms with Gasteiger partial charge in [-0.25, -0.2) is 0 Å². The van der Waals surface area contributed by atoms with Crippen LogP contribution in [0.5, 0.6) is 0 Å². The van der Waals surface area contributed by atoms with Crippen molar-refractivity contribution in [2.75, 3.05) is 33.2 Å². The number of likely N-dealkylation sites (N-methyl/N-ethyl adjacent to an activating group) is 1. The molecule has 2 aliphatic heterocycles. The summed E-state index contributed by atoms with van der Waals surface area (Å²) in [7, 11) is 2.25. The van der Waals surface area contributed by atoms with Crippen LogP contribution in [0.15, 0.2) is 0 Å². The molecule has 2 rings (SSSR count). The van der Waals surface area contributed by atoms with Gasteiger partial charge in [-0.2, -0.15) is 0 Å². The Bertz CT molecular complexity index is 219. The Morgan fingerprint density at radius 2 is 1.94 bits per heavy atom. The zero-order valence-electron chi connectivity index (χ0n) is 10.9. The maximum absolute atomic E-state index is 5.97. The van der Waals surface area contributed by atoms with E-state index < -0.39 is 0 Å². The third-order valence-electron chi connectivity index (χ3n) is 4.47. The molecule has 2 aliphatic rings. The second-order valence-corrected chi connectivity index (χ2v) is 5.72. The van der Waals surface area contributed by atoms with Gasteiger partial charge < -0.3 is 10.6 Å². The smallest absolute Gasteiger partial charge is 0.0247 e. The molecule has 2 saturated heterocycles. The second-order valence-electron chi connectivity index (χ2n) is 5.72. The highest BCUT2D eigenvalue weighted by atomic mass is 15.3. The second kappa shape index (κ2) is 5.48. The SMILES string of the molecule is CC1CCCN(C2CCCN(C)C2)C1CN. The summed E-state index contributed by atoms with van der Waals surface area (Å²) in [5.74, 6) is 0.783. The summed E-state index contributed by atoms with van der Waals surface area (Å²) in [5.41, 5.74) is 5.97. The summed E-state index contributed by atoms with van der Waals surface area (Å²) in [6, 6.07) is 1.39. The minimum Gasteiger partial charge on any atom is -0.329 e. The molecule has 3 heteroatoms. The Morgan fingerprint density at radius 3 is 2.62 bits per heavy atom. The van der Waals surface area contributed by atoms with Crippen LogP contribution in [0.3, 0.4) is 0 Å². The molecule has 2 heterocycles. The van der Waals surface area contributed by atoms with Crippen molar-refractivity contribution in [2.45, 2.75) is 44.7 Å². The fourth-order valence-electron chi connectivity index (χ4n) is 3.51. The number of piperidine rings is 2. The van der Waals surface area contributed by atoms with Crippen LogP contribution in [0.4, 0.5) is 0 Å². The predicted molar refractivity (Wildman–Crippen MR) is 68.5 cm³/mol. The highest BCUT2D eigenvalue weighted by Crippen LogP contribution is 2.27. The Hall–Kier alpha value is -0.120. The zero-order chi connectivity index (χ0) is 11.5. The lowest BCUT2D eigenvalue weighted by atomic mass is 9.88. The Labute approximate surface area is 100.0 Å². The van der Waals surface area contributed by atoms with Crippen LogP contribution in [0.2, 0.25) is 0 Å². The van der Waals surface area contributed by atoms with Gasteiger partial charge in [-0.3, -0.25) is 4.90 Å². The topological polar surface area (TPSA) is 32.5 Å². The largest absolute Gasteiger partial charge is 0.329 e. The lowest BCUT2D eigenvalue weighted by molar-refractivity contribution is 0.0285. The summed E-state index contributed by atoms with van der Waals surface area (Å²) in [5, 5.41) is 0. The van der Waals surface area contributed by atoms with Gasteiger partial charge in [-0.05, 0) is 51.7 Å². The van der Waals surface area contributed by atoms with Crippen LogP contribution in [0, 0.1) is 5.92 Å². The van der Waals surface area contributed by atoms with E-state index in [1.54, 1.807) is 0 Å². The van der Waals surface area contributed by atoms with Gasteiger partial charge in [0.2, 0.25) is 0 Å². The van der Waals surface area contributed by atoms with Crippen LogP contribution < -0.4 is 5.73 Å². The van der Waals surface area contributed by atoms with E-state index in [0.717, 1.165) is 18.5 Å².